The molecule has 0 aliphatic heterocycles. The summed E-state index contributed by atoms with van der Waals surface area (Å²) in [6, 6.07) is 0. The van der Waals surface area contributed by atoms with Gasteiger partial charge in [0.2, 0.25) is 0 Å². The maximum Gasteiger partial charge on any atom is 0.308 e. The van der Waals surface area contributed by atoms with Gasteiger partial charge in [0.1, 0.15) is 0 Å². The molecule has 16 heavy (non-hydrogen) atoms. The van der Waals surface area contributed by atoms with Gasteiger partial charge in [0.15, 0.2) is 0 Å². The van der Waals surface area contributed by atoms with Crippen molar-refractivity contribution in [1.29, 1.82) is 0 Å². The Morgan fingerprint density at radius 3 is 1.88 bits per heavy atom. The summed E-state index contributed by atoms with van der Waals surface area (Å²) in [5, 5.41) is 0. The summed E-state index contributed by atoms with van der Waals surface area (Å²) in [6.45, 7) is 14.0. The van der Waals surface area contributed by atoms with Gasteiger partial charge in [-0.05, 0) is 10.8 Å². The highest BCUT2D eigenvalue weighted by Crippen LogP contribution is 2.14. The van der Waals surface area contributed by atoms with Crippen molar-refractivity contribution in [3.63, 3.8) is 0 Å². The topological polar surface area (TPSA) is 35.5 Å². The molecule has 0 aromatic carbocycles. The van der Waals surface area contributed by atoms with Crippen molar-refractivity contribution < 1.29 is 14.3 Å². The highest BCUT2D eigenvalue weighted by Gasteiger charge is 2.14. The van der Waals surface area contributed by atoms with Crippen LogP contribution in [0, 0.1) is 10.8 Å². The molecule has 0 saturated carbocycles. The molecule has 0 saturated heterocycles. The molecule has 96 valence electrons. The predicted molar refractivity (Wildman–Crippen MR) is 65.3 cm³/mol. The van der Waals surface area contributed by atoms with Gasteiger partial charge in [-0.15, -0.1) is 0 Å². The Hall–Kier alpha value is -0.570. The molecular weight excluding hydrogens is 204 g/mol. The van der Waals surface area contributed by atoms with Crippen LogP contribution in [-0.4, -0.2) is 25.8 Å². The van der Waals surface area contributed by atoms with E-state index in [1.165, 1.54) is 0 Å². The van der Waals surface area contributed by atoms with Gasteiger partial charge >= 0.3 is 5.97 Å². The van der Waals surface area contributed by atoms with E-state index in [-0.39, 0.29) is 16.8 Å². The van der Waals surface area contributed by atoms with Crippen molar-refractivity contribution in [2.45, 2.75) is 48.0 Å². The molecule has 0 aliphatic rings. The molecule has 3 heteroatoms. The second kappa shape index (κ2) is 6.24. The zero-order valence-electron chi connectivity index (χ0n) is 11.6. The first-order chi connectivity index (χ1) is 7.10. The number of rotatable bonds is 5. The molecule has 0 heterocycles. The third kappa shape index (κ3) is 11.5. The minimum atomic E-state index is -0.177. The molecule has 0 N–H and O–H groups in total. The molecule has 0 aromatic heterocycles. The predicted octanol–water partition coefficient (Wildman–Crippen LogP) is 3.03. The normalized spacial score (nSPS) is 12.6. The lowest BCUT2D eigenvalue weighted by Crippen LogP contribution is -2.20. The quantitative estimate of drug-likeness (QED) is 0.538. The van der Waals surface area contributed by atoms with Crippen LogP contribution in [0.1, 0.15) is 48.0 Å². The van der Waals surface area contributed by atoms with E-state index in [9.17, 15) is 4.79 Å². The van der Waals surface area contributed by atoms with Gasteiger partial charge in [0, 0.05) is 0 Å². The molecule has 3 nitrogen and oxygen atoms in total. The molecule has 0 aliphatic carbocycles. The monoisotopic (exact) mass is 230 g/mol. The van der Waals surface area contributed by atoms with Crippen LogP contribution in [0.2, 0.25) is 0 Å². The van der Waals surface area contributed by atoms with Crippen LogP contribution >= 0.6 is 0 Å². The number of carbonyl (C=O) groups excluding carboxylic acids is 1. The summed E-state index contributed by atoms with van der Waals surface area (Å²) in [5.74, 6) is -0.177. The Bertz CT molecular complexity index is 208. The van der Waals surface area contributed by atoms with Gasteiger partial charge in [0.25, 0.3) is 0 Å². The maximum atomic E-state index is 11.3. The third-order valence-electron chi connectivity index (χ3n) is 1.65. The van der Waals surface area contributed by atoms with E-state index in [0.29, 0.717) is 26.2 Å². The number of esters is 1. The largest absolute Gasteiger partial charge is 0.465 e. The number of hydrogen-bond acceptors (Lipinski definition) is 3. The van der Waals surface area contributed by atoms with E-state index in [1.807, 2.05) is 20.8 Å². The van der Waals surface area contributed by atoms with Gasteiger partial charge < -0.3 is 9.47 Å². The van der Waals surface area contributed by atoms with Crippen molar-refractivity contribution in [1.82, 2.24) is 0 Å². The highest BCUT2D eigenvalue weighted by atomic mass is 16.5. The van der Waals surface area contributed by atoms with Crippen molar-refractivity contribution in [2.75, 3.05) is 19.8 Å². The van der Waals surface area contributed by atoms with E-state index in [4.69, 9.17) is 9.47 Å². The molecular formula is C13H26O3. The van der Waals surface area contributed by atoms with Gasteiger partial charge in [-0.25, -0.2) is 0 Å². The standard InChI is InChI=1S/C13H26O3/c1-12(2,3)9-15-8-7-11(14)16-10-13(4,5)6/h7-10H2,1-6H3. The zero-order chi connectivity index (χ0) is 12.8. The second-order valence-corrected chi connectivity index (χ2v) is 6.58. The lowest BCUT2D eigenvalue weighted by atomic mass is 9.99. The Kier molecular flexibility index (Phi) is 6.01. The number of carbonyl (C=O) groups is 1. The van der Waals surface area contributed by atoms with Gasteiger partial charge in [-0.1, -0.05) is 41.5 Å². The molecule has 0 aromatic rings. The third-order valence-corrected chi connectivity index (χ3v) is 1.65. The van der Waals surface area contributed by atoms with Crippen LogP contribution in [0.4, 0.5) is 0 Å². The molecule has 0 rings (SSSR count). The SMILES string of the molecule is CC(C)(C)COCCC(=O)OCC(C)(C)C. The van der Waals surface area contributed by atoms with E-state index < -0.39 is 0 Å². The van der Waals surface area contributed by atoms with Crippen LogP contribution in [0.5, 0.6) is 0 Å². The van der Waals surface area contributed by atoms with Crippen molar-refractivity contribution in [3.8, 4) is 0 Å². The summed E-state index contributed by atoms with van der Waals surface area (Å²) in [5.41, 5.74) is 0.178. The fraction of sp³-hybridized carbons (Fsp3) is 0.923. The molecule has 0 atom stereocenters. The fourth-order valence-electron chi connectivity index (χ4n) is 0.903. The average Bonchev–Trinajstić information content (AvgIpc) is 2.06. The average molecular weight is 230 g/mol. The smallest absolute Gasteiger partial charge is 0.308 e. The maximum absolute atomic E-state index is 11.3. The first-order valence-electron chi connectivity index (χ1n) is 5.83. The van der Waals surface area contributed by atoms with Crippen LogP contribution < -0.4 is 0 Å². The molecule has 0 bridgehead atoms. The lowest BCUT2D eigenvalue weighted by Gasteiger charge is -2.19. The minimum Gasteiger partial charge on any atom is -0.465 e. The Labute approximate surface area is 99.5 Å². The van der Waals surface area contributed by atoms with Crippen molar-refractivity contribution in [3.05, 3.63) is 0 Å². The molecule has 0 radical (unpaired) electrons. The molecule has 0 fully saturated rings. The van der Waals surface area contributed by atoms with Crippen molar-refractivity contribution >= 4 is 5.97 Å². The molecule has 0 unspecified atom stereocenters. The van der Waals surface area contributed by atoms with E-state index in [1.54, 1.807) is 0 Å². The summed E-state index contributed by atoms with van der Waals surface area (Å²) >= 11 is 0. The Morgan fingerprint density at radius 2 is 1.44 bits per heavy atom. The van der Waals surface area contributed by atoms with E-state index >= 15 is 0 Å². The molecule has 0 amide bonds. The summed E-state index contributed by atoms with van der Waals surface area (Å²) in [4.78, 5) is 11.3. The first kappa shape index (κ1) is 15.4. The van der Waals surface area contributed by atoms with E-state index in [2.05, 4.69) is 20.8 Å². The highest BCUT2D eigenvalue weighted by molar-refractivity contribution is 5.69. The zero-order valence-corrected chi connectivity index (χ0v) is 11.6. The van der Waals surface area contributed by atoms with Crippen LogP contribution in [0.15, 0.2) is 0 Å². The second-order valence-electron chi connectivity index (χ2n) is 6.58. The van der Waals surface area contributed by atoms with Gasteiger partial charge in [-0.3, -0.25) is 4.79 Å². The summed E-state index contributed by atoms with van der Waals surface area (Å²) in [7, 11) is 0. The summed E-state index contributed by atoms with van der Waals surface area (Å²) in [6.07, 6.45) is 0.339. The fourth-order valence-corrected chi connectivity index (χ4v) is 0.903. The van der Waals surface area contributed by atoms with Gasteiger partial charge in [0.05, 0.1) is 26.2 Å². The van der Waals surface area contributed by atoms with Crippen LogP contribution in [-0.2, 0) is 14.3 Å². The van der Waals surface area contributed by atoms with E-state index in [0.717, 1.165) is 0 Å². The number of hydrogen-bond donors (Lipinski definition) is 0. The number of ether oxygens (including phenoxy) is 2. The van der Waals surface area contributed by atoms with Crippen molar-refractivity contribution in [2.24, 2.45) is 10.8 Å². The Morgan fingerprint density at radius 1 is 0.938 bits per heavy atom. The lowest BCUT2D eigenvalue weighted by molar-refractivity contribution is -0.147. The summed E-state index contributed by atoms with van der Waals surface area (Å²) < 4.78 is 10.5. The minimum absolute atomic E-state index is 0.0297. The van der Waals surface area contributed by atoms with Crippen LogP contribution in [0.3, 0.4) is 0 Å². The Balaban J connectivity index is 3.52. The first-order valence-corrected chi connectivity index (χ1v) is 5.83. The van der Waals surface area contributed by atoms with Crippen LogP contribution in [0.25, 0.3) is 0 Å². The van der Waals surface area contributed by atoms with Gasteiger partial charge in [-0.2, -0.15) is 0 Å². The molecule has 0 spiro atoms.